The highest BCUT2D eigenvalue weighted by molar-refractivity contribution is 6.40. The Labute approximate surface area is 687 Å². The van der Waals surface area contributed by atoms with Crippen LogP contribution in [0.5, 0.6) is 17.2 Å². The summed E-state index contributed by atoms with van der Waals surface area (Å²) < 4.78 is 21.6. The molecule has 0 unspecified atom stereocenters. The van der Waals surface area contributed by atoms with Crippen molar-refractivity contribution in [2.75, 3.05) is 4.90 Å². The summed E-state index contributed by atoms with van der Waals surface area (Å²) >= 11 is -2.86. The first-order chi connectivity index (χ1) is 58.6. The summed E-state index contributed by atoms with van der Waals surface area (Å²) in [6.07, 6.45) is 8.99. The molecule has 0 atom stereocenters. The van der Waals surface area contributed by atoms with Crippen molar-refractivity contribution in [3.8, 4) is 78.6 Å². The first kappa shape index (κ1) is 71.6. The second-order valence-corrected chi connectivity index (χ2v) is 30.1. The normalized spacial score (nSPS) is 11.2. The Morgan fingerprint density at radius 2 is 0.568 bits per heavy atom. The minimum Gasteiger partial charge on any atom is -0.576 e. The number of para-hydroxylation sites is 6. The van der Waals surface area contributed by atoms with Gasteiger partial charge in [-0.3, -0.25) is 24.9 Å². The van der Waals surface area contributed by atoms with Crippen LogP contribution in [0.25, 0.3) is 159 Å². The lowest BCUT2D eigenvalue weighted by atomic mass is 9.86. The van der Waals surface area contributed by atoms with Gasteiger partial charge < -0.3 is 20.8 Å². The first-order valence-corrected chi connectivity index (χ1v) is 40.9. The summed E-state index contributed by atoms with van der Waals surface area (Å²) in [6, 6.07) is 142. The summed E-state index contributed by atoms with van der Waals surface area (Å²) in [4.78, 5) is 25.2. The molecule has 0 aliphatic heterocycles. The van der Waals surface area contributed by atoms with Crippen molar-refractivity contribution in [3.05, 3.63) is 437 Å². The SMILES string of the molecule is c1ccc(-c2c3ccccc3c(-c3ccc(N(c4ccccc4)c4ccc(-c5ccc6c(c5)c5ccccc5n6-c5ccccc5)cc4)cc3)c3ccccc23)cc1.c1ccc(-c2ccnc3c2ccc2c(-c4ccccc4)ccnc23)cc1.c1cnc2c([O][Al]([O]c3cccc4cccnc34)[O]c3cccc4cccnc34)cccc2c1. The van der Waals surface area contributed by atoms with E-state index in [0.717, 1.165) is 71.6 Å². The van der Waals surface area contributed by atoms with E-state index in [4.69, 9.17) is 11.4 Å². The van der Waals surface area contributed by atoms with Crippen LogP contribution in [0.4, 0.5) is 17.1 Å². The van der Waals surface area contributed by atoms with Crippen molar-refractivity contribution in [2.45, 2.75) is 0 Å². The quantitative estimate of drug-likeness (QED) is 0.0564. The van der Waals surface area contributed by atoms with Gasteiger partial charge in [0.05, 0.1) is 22.1 Å². The topological polar surface area (TPSA) is 100 Å². The lowest BCUT2D eigenvalue weighted by molar-refractivity contribution is 0.311. The molecule has 0 bridgehead atoms. The molecule has 0 spiro atoms. The highest BCUT2D eigenvalue weighted by atomic mass is 27.3. The van der Waals surface area contributed by atoms with Crippen molar-refractivity contribution in [3.63, 3.8) is 0 Å². The third-order valence-corrected chi connectivity index (χ3v) is 23.2. The summed E-state index contributed by atoms with van der Waals surface area (Å²) in [7, 11) is 0. The van der Waals surface area contributed by atoms with E-state index < -0.39 is 15.1 Å². The third-order valence-electron chi connectivity index (χ3n) is 21.8. The van der Waals surface area contributed by atoms with E-state index in [1.807, 2.05) is 116 Å². The molecular weight excluding hydrogens is 1460 g/mol. The lowest BCUT2D eigenvalue weighted by Crippen LogP contribution is -2.37. The Morgan fingerprint density at radius 3 is 1.03 bits per heavy atom. The zero-order valence-corrected chi connectivity index (χ0v) is 65.2. The summed E-state index contributed by atoms with van der Waals surface area (Å²) in [5, 5.41) is 12.7. The predicted molar refractivity (Wildman–Crippen MR) is 488 cm³/mol. The van der Waals surface area contributed by atoms with Crippen LogP contribution in [-0.2, 0) is 0 Å². The van der Waals surface area contributed by atoms with Gasteiger partial charge in [-0.15, -0.1) is 0 Å². The van der Waals surface area contributed by atoms with E-state index in [9.17, 15) is 0 Å². The van der Waals surface area contributed by atoms with Gasteiger partial charge in [0.25, 0.3) is 0 Å². The van der Waals surface area contributed by atoms with Crippen molar-refractivity contribution in [1.82, 2.24) is 29.5 Å². The fraction of sp³-hybridized carbons (Fsp3) is 0. The molecule has 6 aromatic heterocycles. The van der Waals surface area contributed by atoms with Crippen LogP contribution in [0, 0.1) is 0 Å². The van der Waals surface area contributed by atoms with Gasteiger partial charge in [0.15, 0.2) is 0 Å². The van der Waals surface area contributed by atoms with E-state index in [2.05, 4.69) is 338 Å². The number of hydrogen-bond donors (Lipinski definition) is 0. The van der Waals surface area contributed by atoms with Crippen molar-refractivity contribution in [1.29, 1.82) is 0 Å². The largest absolute Gasteiger partial charge is 1.20 e. The Morgan fingerprint density at radius 1 is 0.220 bits per heavy atom. The maximum absolute atomic E-state index is 6.41. The number of benzene rings is 16. The highest BCUT2D eigenvalue weighted by Crippen LogP contribution is 2.46. The van der Waals surface area contributed by atoms with Gasteiger partial charge in [0.2, 0.25) is 0 Å². The lowest BCUT2D eigenvalue weighted by Gasteiger charge is -2.26. The molecule has 16 aromatic carbocycles. The molecular formula is C107H72AlN7O3. The maximum Gasteiger partial charge on any atom is 1.20 e. The molecule has 0 fully saturated rings. The highest BCUT2D eigenvalue weighted by Gasteiger charge is 2.46. The van der Waals surface area contributed by atoms with E-state index in [-0.39, 0.29) is 0 Å². The second-order valence-electron chi connectivity index (χ2n) is 28.8. The predicted octanol–water partition coefficient (Wildman–Crippen LogP) is 27.5. The van der Waals surface area contributed by atoms with Gasteiger partial charge in [-0.1, -0.05) is 291 Å². The minimum absolute atomic E-state index is 0.608. The number of fused-ring (bicyclic) bond motifs is 11. The number of hydrogen-bond acceptors (Lipinski definition) is 9. The Kier molecular flexibility index (Phi) is 19.6. The van der Waals surface area contributed by atoms with Gasteiger partial charge >= 0.3 is 15.1 Å². The molecule has 556 valence electrons. The van der Waals surface area contributed by atoms with Gasteiger partial charge in [-0.25, -0.2) is 0 Å². The van der Waals surface area contributed by atoms with Gasteiger partial charge in [0.1, 0.15) is 33.8 Å². The van der Waals surface area contributed by atoms with Crippen LogP contribution in [0.3, 0.4) is 0 Å². The van der Waals surface area contributed by atoms with E-state index in [1.165, 1.54) is 105 Å². The Bertz CT molecular complexity index is 7050. The second kappa shape index (κ2) is 32.2. The molecule has 0 aliphatic carbocycles. The molecule has 11 heteroatoms. The zero-order chi connectivity index (χ0) is 78.5. The van der Waals surface area contributed by atoms with E-state index >= 15 is 0 Å². The number of pyridine rings is 5. The van der Waals surface area contributed by atoms with Gasteiger partial charge in [-0.05, 0) is 192 Å². The maximum atomic E-state index is 6.41. The zero-order valence-electron chi connectivity index (χ0n) is 64.0. The molecule has 0 N–H and O–H groups in total. The first-order valence-electron chi connectivity index (χ1n) is 39.5. The fourth-order valence-corrected chi connectivity index (χ4v) is 17.8. The van der Waals surface area contributed by atoms with Crippen LogP contribution in [0.2, 0.25) is 0 Å². The molecule has 0 aliphatic rings. The van der Waals surface area contributed by atoms with Crippen LogP contribution < -0.4 is 16.3 Å². The molecule has 0 radical (unpaired) electrons. The molecule has 10 nitrogen and oxygen atoms in total. The molecule has 118 heavy (non-hydrogen) atoms. The molecule has 22 rings (SSSR count). The number of anilines is 3. The van der Waals surface area contributed by atoms with Crippen molar-refractivity contribution in [2.24, 2.45) is 0 Å². The molecule has 0 amide bonds. The van der Waals surface area contributed by atoms with Gasteiger partial charge in [-0.2, -0.15) is 0 Å². The van der Waals surface area contributed by atoms with Crippen LogP contribution in [-0.4, -0.2) is 44.6 Å². The van der Waals surface area contributed by atoms with Crippen LogP contribution >= 0.6 is 0 Å². The number of rotatable bonds is 15. The van der Waals surface area contributed by atoms with E-state index in [1.54, 1.807) is 18.6 Å². The standard InChI is InChI=1S/C56H38N2.C24H16N2.3C9H7NO.Al/c1-4-16-40(17-5-1)55-48-23-10-12-25-50(48)56(51-26-13-11-24-49(51)55)41-30-35-46(36-31-41)57(43-18-6-2-7-19-43)45-33-28-39(29-34-45)42-32-37-54-52(38-42)47-22-14-15-27-53(47)58(54)44-20-8-3-9-21-44;1-3-7-17(8-4-1)19-13-15-25-23-21(19)11-12-22-20(14-16-26-24(22)23)18-9-5-2-6-10-18;3*11-8-5-1-3-7-4-2-6-10-9(7)8;/h1-38H;1-16H;3*1-6,11H;/q;;;;;+3/p-3. The summed E-state index contributed by atoms with van der Waals surface area (Å²) in [6.45, 7) is 0. The average molecular weight is 1530 g/mol. The Balaban J connectivity index is 0.000000125. The van der Waals surface area contributed by atoms with E-state index in [0.29, 0.717) is 17.2 Å². The minimum atomic E-state index is -2.86. The molecule has 6 heterocycles. The molecule has 0 saturated carbocycles. The van der Waals surface area contributed by atoms with Crippen LogP contribution in [0.15, 0.2) is 437 Å². The fourth-order valence-electron chi connectivity index (χ4n) is 16.4. The number of nitrogens with zero attached hydrogens (tertiary/aromatic N) is 7. The third kappa shape index (κ3) is 14.0. The number of aromatic nitrogens is 6. The summed E-state index contributed by atoms with van der Waals surface area (Å²) in [5.74, 6) is 1.82. The molecule has 0 saturated heterocycles. The monoisotopic (exact) mass is 1530 g/mol. The molecule has 22 aromatic rings. The average Bonchev–Trinajstić information content (AvgIpc) is 1.35. The van der Waals surface area contributed by atoms with Crippen molar-refractivity contribution < 1.29 is 11.4 Å². The smallest absolute Gasteiger partial charge is 0.576 e. The van der Waals surface area contributed by atoms with Crippen molar-refractivity contribution >= 4 is 130 Å². The van der Waals surface area contributed by atoms with Crippen LogP contribution in [0.1, 0.15) is 0 Å². The summed E-state index contributed by atoms with van der Waals surface area (Å²) in [5.41, 5.74) is 23.2. The Hall–Kier alpha value is -15.4. The van der Waals surface area contributed by atoms with Gasteiger partial charge in [0, 0.05) is 91.4 Å².